The molecule has 0 fully saturated rings. The fourth-order valence-corrected chi connectivity index (χ4v) is 4.06. The SMILES string of the molecule is N#C[C@]1(Cc2cc(Br)ccc2Br)CNc2ccc(Br)cc2C1. The second-order valence-electron chi connectivity index (χ2n) is 5.64. The molecule has 0 saturated heterocycles. The Labute approximate surface area is 155 Å². The van der Waals surface area contributed by atoms with Crippen LogP contribution >= 0.6 is 47.8 Å². The van der Waals surface area contributed by atoms with Gasteiger partial charge < -0.3 is 5.32 Å². The molecule has 1 atom stereocenters. The van der Waals surface area contributed by atoms with E-state index in [2.05, 4.69) is 77.4 Å². The maximum atomic E-state index is 9.83. The van der Waals surface area contributed by atoms with Gasteiger partial charge in [0.2, 0.25) is 0 Å². The predicted molar refractivity (Wildman–Crippen MR) is 99.9 cm³/mol. The summed E-state index contributed by atoms with van der Waals surface area (Å²) < 4.78 is 3.13. The number of hydrogen-bond donors (Lipinski definition) is 1. The normalized spacial score (nSPS) is 19.9. The van der Waals surface area contributed by atoms with E-state index in [1.807, 2.05) is 18.2 Å². The van der Waals surface area contributed by atoms with Gasteiger partial charge in [-0.1, -0.05) is 47.8 Å². The minimum Gasteiger partial charge on any atom is -0.383 e. The molecule has 1 heterocycles. The van der Waals surface area contributed by atoms with Gasteiger partial charge in [0.1, 0.15) is 0 Å². The van der Waals surface area contributed by atoms with Crippen molar-refractivity contribution < 1.29 is 0 Å². The molecule has 112 valence electrons. The summed E-state index contributed by atoms with van der Waals surface area (Å²) in [5, 5.41) is 13.2. The number of fused-ring (bicyclic) bond motifs is 1. The highest BCUT2D eigenvalue weighted by Gasteiger charge is 2.35. The van der Waals surface area contributed by atoms with E-state index in [0.29, 0.717) is 13.0 Å². The molecule has 1 N–H and O–H groups in total. The van der Waals surface area contributed by atoms with Crippen molar-refractivity contribution >= 4 is 53.5 Å². The summed E-state index contributed by atoms with van der Waals surface area (Å²) in [5.74, 6) is 0. The Balaban J connectivity index is 1.94. The molecule has 2 nitrogen and oxygen atoms in total. The molecule has 22 heavy (non-hydrogen) atoms. The fourth-order valence-electron chi connectivity index (χ4n) is 2.86. The first-order valence-corrected chi connectivity index (χ1v) is 9.27. The van der Waals surface area contributed by atoms with Gasteiger partial charge in [-0.25, -0.2) is 0 Å². The summed E-state index contributed by atoms with van der Waals surface area (Å²) in [7, 11) is 0. The Kier molecular flexibility index (Phi) is 4.63. The number of benzene rings is 2. The Bertz CT molecular complexity index is 767. The molecule has 0 radical (unpaired) electrons. The van der Waals surface area contributed by atoms with Crippen molar-refractivity contribution in [3.63, 3.8) is 0 Å². The topological polar surface area (TPSA) is 35.8 Å². The van der Waals surface area contributed by atoms with Crippen molar-refractivity contribution in [3.05, 3.63) is 60.9 Å². The first-order valence-electron chi connectivity index (χ1n) is 6.89. The van der Waals surface area contributed by atoms with Crippen LogP contribution in [0.2, 0.25) is 0 Å². The largest absolute Gasteiger partial charge is 0.383 e. The molecule has 0 bridgehead atoms. The molecule has 0 spiro atoms. The van der Waals surface area contributed by atoms with Crippen LogP contribution in [0.25, 0.3) is 0 Å². The minimum atomic E-state index is -0.433. The molecule has 3 rings (SSSR count). The first kappa shape index (κ1) is 16.0. The van der Waals surface area contributed by atoms with Crippen LogP contribution in [-0.2, 0) is 12.8 Å². The lowest BCUT2D eigenvalue weighted by molar-refractivity contribution is 0.403. The van der Waals surface area contributed by atoms with Crippen LogP contribution in [0.3, 0.4) is 0 Å². The summed E-state index contributed by atoms with van der Waals surface area (Å²) in [5.41, 5.74) is 3.03. The van der Waals surface area contributed by atoms with Crippen LogP contribution < -0.4 is 5.32 Å². The summed E-state index contributed by atoms with van der Waals surface area (Å²) >= 11 is 10.6. The molecular weight excluding hydrogens is 472 g/mol. The zero-order valence-electron chi connectivity index (χ0n) is 11.7. The lowest BCUT2D eigenvalue weighted by Gasteiger charge is -2.34. The highest BCUT2D eigenvalue weighted by molar-refractivity contribution is 9.11. The van der Waals surface area contributed by atoms with Crippen molar-refractivity contribution in [3.8, 4) is 6.07 Å². The zero-order chi connectivity index (χ0) is 15.7. The molecule has 0 aromatic heterocycles. The summed E-state index contributed by atoms with van der Waals surface area (Å²) in [4.78, 5) is 0. The smallest absolute Gasteiger partial charge is 0.0827 e. The summed E-state index contributed by atoms with van der Waals surface area (Å²) in [6.45, 7) is 0.664. The van der Waals surface area contributed by atoms with Crippen LogP contribution in [-0.4, -0.2) is 6.54 Å². The van der Waals surface area contributed by atoms with Crippen LogP contribution in [0.1, 0.15) is 11.1 Å². The van der Waals surface area contributed by atoms with Gasteiger partial charge in [-0.05, 0) is 60.4 Å². The van der Waals surface area contributed by atoms with Crippen LogP contribution in [0.15, 0.2) is 49.8 Å². The minimum absolute atomic E-state index is 0.433. The number of nitriles is 1. The van der Waals surface area contributed by atoms with Crippen molar-refractivity contribution in [1.82, 2.24) is 0 Å². The number of halogens is 3. The van der Waals surface area contributed by atoms with Crippen LogP contribution in [0.4, 0.5) is 5.69 Å². The number of hydrogen-bond acceptors (Lipinski definition) is 2. The second-order valence-corrected chi connectivity index (χ2v) is 8.32. The van der Waals surface area contributed by atoms with E-state index in [1.54, 1.807) is 0 Å². The van der Waals surface area contributed by atoms with E-state index in [0.717, 1.165) is 31.1 Å². The van der Waals surface area contributed by atoms with Crippen LogP contribution in [0.5, 0.6) is 0 Å². The average molecular weight is 485 g/mol. The Hall–Kier alpha value is -0.830. The third-order valence-electron chi connectivity index (χ3n) is 3.99. The van der Waals surface area contributed by atoms with E-state index < -0.39 is 5.41 Å². The third kappa shape index (κ3) is 3.24. The zero-order valence-corrected chi connectivity index (χ0v) is 16.4. The van der Waals surface area contributed by atoms with Crippen molar-refractivity contribution in [2.75, 3.05) is 11.9 Å². The highest BCUT2D eigenvalue weighted by atomic mass is 79.9. The van der Waals surface area contributed by atoms with Gasteiger partial charge in [0.25, 0.3) is 0 Å². The third-order valence-corrected chi connectivity index (χ3v) is 5.75. The molecule has 0 amide bonds. The molecule has 2 aromatic carbocycles. The maximum absolute atomic E-state index is 9.83. The maximum Gasteiger partial charge on any atom is 0.0827 e. The van der Waals surface area contributed by atoms with Gasteiger partial charge in [-0.2, -0.15) is 5.26 Å². The summed E-state index contributed by atoms with van der Waals surface area (Å²) in [6.07, 6.45) is 1.46. The van der Waals surface area contributed by atoms with E-state index in [9.17, 15) is 5.26 Å². The fraction of sp³-hybridized carbons (Fsp3) is 0.235. The standard InChI is InChI=1S/C17H13Br3N2/c18-13-1-3-15(20)11(5-13)7-17(9-21)8-12-6-14(19)2-4-16(12)22-10-17/h1-6,22H,7-8,10H2/t17-/m1/s1. The van der Waals surface area contributed by atoms with Gasteiger partial charge in [0.05, 0.1) is 11.5 Å². The quantitative estimate of drug-likeness (QED) is 0.594. The van der Waals surface area contributed by atoms with Crippen molar-refractivity contribution in [2.24, 2.45) is 5.41 Å². The first-order chi connectivity index (χ1) is 10.5. The van der Waals surface area contributed by atoms with E-state index >= 15 is 0 Å². The average Bonchev–Trinajstić information content (AvgIpc) is 2.50. The Morgan fingerprint density at radius 3 is 2.59 bits per heavy atom. The molecule has 2 aromatic rings. The van der Waals surface area contributed by atoms with Crippen molar-refractivity contribution in [2.45, 2.75) is 12.8 Å². The van der Waals surface area contributed by atoms with Gasteiger partial charge >= 0.3 is 0 Å². The summed E-state index contributed by atoms with van der Waals surface area (Å²) in [6, 6.07) is 14.8. The van der Waals surface area contributed by atoms with E-state index in [1.165, 1.54) is 5.56 Å². The van der Waals surface area contributed by atoms with Crippen molar-refractivity contribution in [1.29, 1.82) is 5.26 Å². The molecular formula is C17H13Br3N2. The number of rotatable bonds is 2. The molecule has 0 unspecified atom stereocenters. The highest BCUT2D eigenvalue weighted by Crippen LogP contribution is 2.38. The molecule has 1 aliphatic heterocycles. The van der Waals surface area contributed by atoms with Gasteiger partial charge in [-0.3, -0.25) is 0 Å². The van der Waals surface area contributed by atoms with E-state index in [4.69, 9.17) is 0 Å². The van der Waals surface area contributed by atoms with E-state index in [-0.39, 0.29) is 0 Å². The van der Waals surface area contributed by atoms with Crippen LogP contribution in [0, 0.1) is 16.7 Å². The predicted octanol–water partition coefficient (Wildman–Crippen LogP) is 5.69. The number of nitrogens with one attached hydrogen (secondary N) is 1. The molecule has 0 aliphatic carbocycles. The number of anilines is 1. The van der Waals surface area contributed by atoms with Gasteiger partial charge in [0.15, 0.2) is 0 Å². The molecule has 1 aliphatic rings. The number of nitrogens with zero attached hydrogens (tertiary/aromatic N) is 1. The Morgan fingerprint density at radius 1 is 1.09 bits per heavy atom. The molecule has 5 heteroatoms. The van der Waals surface area contributed by atoms with Gasteiger partial charge in [-0.15, -0.1) is 0 Å². The molecule has 0 saturated carbocycles. The lowest BCUT2D eigenvalue weighted by Crippen LogP contribution is -2.37. The van der Waals surface area contributed by atoms with Gasteiger partial charge in [0, 0.05) is 25.7 Å². The second kappa shape index (κ2) is 6.35. The lowest BCUT2D eigenvalue weighted by atomic mass is 9.75. The Morgan fingerprint density at radius 2 is 1.82 bits per heavy atom. The monoisotopic (exact) mass is 482 g/mol.